The summed E-state index contributed by atoms with van der Waals surface area (Å²) in [5.41, 5.74) is -0.743. The molecule has 1 atom stereocenters. The van der Waals surface area contributed by atoms with E-state index in [2.05, 4.69) is 0 Å². The van der Waals surface area contributed by atoms with Crippen molar-refractivity contribution < 1.29 is 19.4 Å². The summed E-state index contributed by atoms with van der Waals surface area (Å²) in [4.78, 5) is 23.7. The topological polar surface area (TPSA) is 66.8 Å². The lowest BCUT2D eigenvalue weighted by Crippen LogP contribution is -2.45. The Morgan fingerprint density at radius 1 is 1.53 bits per heavy atom. The molecule has 0 spiro atoms. The highest BCUT2D eigenvalue weighted by atomic mass is 16.5. The Balaban J connectivity index is 2.48. The van der Waals surface area contributed by atoms with E-state index in [1.54, 1.807) is 14.0 Å². The number of carbonyl (C=O) groups excluding carboxylic acids is 1. The van der Waals surface area contributed by atoms with E-state index in [-0.39, 0.29) is 18.9 Å². The Labute approximate surface area is 89.0 Å². The Hall–Kier alpha value is -1.10. The summed E-state index contributed by atoms with van der Waals surface area (Å²) in [6, 6.07) is 0. The van der Waals surface area contributed by atoms with Gasteiger partial charge in [-0.2, -0.15) is 0 Å². The molecule has 1 amide bonds. The zero-order chi connectivity index (χ0) is 11.5. The summed E-state index contributed by atoms with van der Waals surface area (Å²) in [5, 5.41) is 8.50. The molecule has 5 nitrogen and oxygen atoms in total. The van der Waals surface area contributed by atoms with Gasteiger partial charge in [-0.3, -0.25) is 9.59 Å². The van der Waals surface area contributed by atoms with Crippen molar-refractivity contribution >= 4 is 11.9 Å². The van der Waals surface area contributed by atoms with Gasteiger partial charge < -0.3 is 14.7 Å². The SMILES string of the molecule is CN(CCC(=O)O)C(=O)C1(C)CCCO1. The number of carboxylic acid groups (broad SMARTS) is 1. The van der Waals surface area contributed by atoms with Gasteiger partial charge in [0, 0.05) is 20.2 Å². The van der Waals surface area contributed by atoms with Gasteiger partial charge in [-0.1, -0.05) is 0 Å². The molecule has 0 saturated carbocycles. The maximum absolute atomic E-state index is 11.9. The Bertz CT molecular complexity index is 258. The predicted molar refractivity (Wildman–Crippen MR) is 53.5 cm³/mol. The number of ether oxygens (including phenoxy) is 1. The zero-order valence-corrected chi connectivity index (χ0v) is 9.15. The van der Waals surface area contributed by atoms with Gasteiger partial charge in [0.05, 0.1) is 6.42 Å². The van der Waals surface area contributed by atoms with Crippen LogP contribution in [0.4, 0.5) is 0 Å². The van der Waals surface area contributed by atoms with E-state index in [0.29, 0.717) is 13.0 Å². The third-order valence-electron chi connectivity index (χ3n) is 2.68. The summed E-state index contributed by atoms with van der Waals surface area (Å²) in [7, 11) is 1.61. The van der Waals surface area contributed by atoms with Crippen molar-refractivity contribution in [2.24, 2.45) is 0 Å². The maximum atomic E-state index is 11.9. The standard InChI is InChI=1S/C10H17NO4/c1-10(5-3-7-15-10)9(14)11(2)6-4-8(12)13/h3-7H2,1-2H3,(H,12,13). The smallest absolute Gasteiger partial charge is 0.305 e. The summed E-state index contributed by atoms with van der Waals surface area (Å²) in [5.74, 6) is -1.02. The minimum atomic E-state index is -0.896. The lowest BCUT2D eigenvalue weighted by molar-refractivity contribution is -0.150. The van der Waals surface area contributed by atoms with Gasteiger partial charge in [0.1, 0.15) is 5.60 Å². The van der Waals surface area contributed by atoms with Crippen molar-refractivity contribution in [2.45, 2.75) is 31.8 Å². The van der Waals surface area contributed by atoms with Crippen LogP contribution in [0.5, 0.6) is 0 Å². The molecule has 0 aromatic heterocycles. The lowest BCUT2D eigenvalue weighted by Gasteiger charge is -2.27. The van der Waals surface area contributed by atoms with Gasteiger partial charge in [-0.25, -0.2) is 0 Å². The predicted octanol–water partition coefficient (Wildman–Crippen LogP) is 0.489. The third-order valence-corrected chi connectivity index (χ3v) is 2.68. The van der Waals surface area contributed by atoms with Gasteiger partial charge in [-0.05, 0) is 19.8 Å². The van der Waals surface area contributed by atoms with E-state index in [1.807, 2.05) is 0 Å². The monoisotopic (exact) mass is 215 g/mol. The molecule has 1 aliphatic rings. The molecule has 0 aromatic rings. The number of hydrogen-bond acceptors (Lipinski definition) is 3. The Morgan fingerprint density at radius 2 is 2.20 bits per heavy atom. The van der Waals surface area contributed by atoms with E-state index in [0.717, 1.165) is 6.42 Å². The van der Waals surface area contributed by atoms with Crippen molar-refractivity contribution in [3.05, 3.63) is 0 Å². The molecule has 1 saturated heterocycles. The van der Waals surface area contributed by atoms with Crippen molar-refractivity contribution in [2.75, 3.05) is 20.2 Å². The first-order valence-electron chi connectivity index (χ1n) is 5.07. The van der Waals surface area contributed by atoms with E-state index >= 15 is 0 Å². The van der Waals surface area contributed by atoms with Gasteiger partial charge in [-0.15, -0.1) is 0 Å². The minimum Gasteiger partial charge on any atom is -0.481 e. The molecule has 0 radical (unpaired) electrons. The molecular formula is C10H17NO4. The fourth-order valence-corrected chi connectivity index (χ4v) is 1.72. The average molecular weight is 215 g/mol. The molecule has 5 heteroatoms. The van der Waals surface area contributed by atoms with E-state index in [9.17, 15) is 9.59 Å². The van der Waals surface area contributed by atoms with Crippen LogP contribution in [0.2, 0.25) is 0 Å². The Morgan fingerprint density at radius 3 is 2.67 bits per heavy atom. The molecule has 15 heavy (non-hydrogen) atoms. The number of amides is 1. The first-order valence-corrected chi connectivity index (χ1v) is 5.07. The van der Waals surface area contributed by atoms with Crippen LogP contribution in [0.3, 0.4) is 0 Å². The van der Waals surface area contributed by atoms with Crippen LogP contribution in [0.1, 0.15) is 26.2 Å². The summed E-state index contributed by atoms with van der Waals surface area (Å²) >= 11 is 0. The average Bonchev–Trinajstić information content (AvgIpc) is 2.61. The van der Waals surface area contributed by atoms with Crippen LogP contribution >= 0.6 is 0 Å². The molecule has 0 aromatic carbocycles. The molecule has 1 N–H and O–H groups in total. The number of hydrogen-bond donors (Lipinski definition) is 1. The van der Waals surface area contributed by atoms with Gasteiger partial charge in [0.2, 0.25) is 0 Å². The minimum absolute atomic E-state index is 0.0294. The quantitative estimate of drug-likeness (QED) is 0.741. The first-order chi connectivity index (χ1) is 6.96. The van der Waals surface area contributed by atoms with Crippen LogP contribution < -0.4 is 0 Å². The highest BCUT2D eigenvalue weighted by Crippen LogP contribution is 2.26. The number of rotatable bonds is 4. The molecule has 0 bridgehead atoms. The van der Waals surface area contributed by atoms with E-state index < -0.39 is 11.6 Å². The van der Waals surface area contributed by atoms with Crippen molar-refractivity contribution in [1.82, 2.24) is 4.90 Å². The molecule has 86 valence electrons. The van der Waals surface area contributed by atoms with Gasteiger partial charge in [0.25, 0.3) is 5.91 Å². The summed E-state index contributed by atoms with van der Waals surface area (Å²) < 4.78 is 5.39. The van der Waals surface area contributed by atoms with Crippen LogP contribution in [-0.2, 0) is 14.3 Å². The number of likely N-dealkylation sites (N-methyl/N-ethyl adjacent to an activating group) is 1. The Kier molecular flexibility index (Phi) is 3.68. The van der Waals surface area contributed by atoms with Crippen LogP contribution in [0.25, 0.3) is 0 Å². The van der Waals surface area contributed by atoms with Crippen molar-refractivity contribution in [1.29, 1.82) is 0 Å². The molecule has 1 fully saturated rings. The lowest BCUT2D eigenvalue weighted by atomic mass is 10.0. The molecule has 0 aliphatic carbocycles. The molecule has 1 heterocycles. The molecule has 1 unspecified atom stereocenters. The molecule has 1 rings (SSSR count). The van der Waals surface area contributed by atoms with Crippen LogP contribution in [0.15, 0.2) is 0 Å². The van der Waals surface area contributed by atoms with E-state index in [4.69, 9.17) is 9.84 Å². The number of aliphatic carboxylic acids is 1. The summed E-state index contributed by atoms with van der Waals surface area (Å²) in [6.07, 6.45) is 1.57. The highest BCUT2D eigenvalue weighted by molar-refractivity contribution is 5.85. The second-order valence-electron chi connectivity index (χ2n) is 4.05. The van der Waals surface area contributed by atoms with Crippen molar-refractivity contribution in [3.63, 3.8) is 0 Å². The number of nitrogens with zero attached hydrogens (tertiary/aromatic N) is 1. The van der Waals surface area contributed by atoms with Crippen LogP contribution in [0, 0.1) is 0 Å². The maximum Gasteiger partial charge on any atom is 0.305 e. The first kappa shape index (κ1) is 12.0. The fraction of sp³-hybridized carbons (Fsp3) is 0.800. The van der Waals surface area contributed by atoms with Crippen LogP contribution in [-0.4, -0.2) is 47.7 Å². The fourth-order valence-electron chi connectivity index (χ4n) is 1.72. The second kappa shape index (κ2) is 4.61. The molecule has 1 aliphatic heterocycles. The normalized spacial score (nSPS) is 25.2. The summed E-state index contributed by atoms with van der Waals surface area (Å²) in [6.45, 7) is 2.60. The van der Waals surface area contributed by atoms with Crippen molar-refractivity contribution in [3.8, 4) is 0 Å². The number of carboxylic acids is 1. The molecular weight excluding hydrogens is 198 g/mol. The highest BCUT2D eigenvalue weighted by Gasteiger charge is 2.39. The number of carbonyl (C=O) groups is 2. The van der Waals surface area contributed by atoms with E-state index in [1.165, 1.54) is 4.90 Å². The largest absolute Gasteiger partial charge is 0.481 e. The second-order valence-corrected chi connectivity index (χ2v) is 4.05. The third kappa shape index (κ3) is 2.92. The zero-order valence-electron chi connectivity index (χ0n) is 9.15. The van der Waals surface area contributed by atoms with Gasteiger partial charge >= 0.3 is 5.97 Å². The van der Waals surface area contributed by atoms with Gasteiger partial charge in [0.15, 0.2) is 0 Å².